The maximum absolute atomic E-state index is 12.1. The quantitative estimate of drug-likeness (QED) is 0.901. The number of piperazine rings is 1. The van der Waals surface area contributed by atoms with Crippen LogP contribution in [0.15, 0.2) is 24.3 Å². The first-order valence-electron chi connectivity index (χ1n) is 8.47. The second-order valence-corrected chi connectivity index (χ2v) is 7.22. The summed E-state index contributed by atoms with van der Waals surface area (Å²) in [5.41, 5.74) is 0.252. The predicted octanol–water partition coefficient (Wildman–Crippen LogP) is 2.39. The van der Waals surface area contributed by atoms with Gasteiger partial charge < -0.3 is 14.7 Å². The fraction of sp³-hybridized carbons (Fsp3) is 0.500. The van der Waals surface area contributed by atoms with Gasteiger partial charge in [-0.25, -0.2) is 9.78 Å². The van der Waals surface area contributed by atoms with E-state index in [1.807, 2.05) is 39.0 Å². The van der Waals surface area contributed by atoms with Crippen LogP contribution in [-0.4, -0.2) is 62.7 Å². The van der Waals surface area contributed by atoms with Gasteiger partial charge in [0.15, 0.2) is 0 Å². The summed E-state index contributed by atoms with van der Waals surface area (Å²) in [6.45, 7) is 8.79. The van der Waals surface area contributed by atoms with Crippen LogP contribution in [-0.2, 0) is 11.3 Å². The van der Waals surface area contributed by atoms with Crippen molar-refractivity contribution in [3.63, 3.8) is 0 Å². The summed E-state index contributed by atoms with van der Waals surface area (Å²) < 4.78 is 5.41. The highest BCUT2D eigenvalue weighted by atomic mass is 16.6. The van der Waals surface area contributed by atoms with Gasteiger partial charge >= 0.3 is 6.09 Å². The van der Waals surface area contributed by atoms with Crippen molar-refractivity contribution >= 4 is 17.0 Å². The van der Waals surface area contributed by atoms with Crippen LogP contribution >= 0.6 is 0 Å². The van der Waals surface area contributed by atoms with Crippen molar-refractivity contribution in [2.24, 2.45) is 0 Å². The third-order valence-corrected chi connectivity index (χ3v) is 4.02. The van der Waals surface area contributed by atoms with Gasteiger partial charge in [0, 0.05) is 26.2 Å². The largest absolute Gasteiger partial charge is 0.493 e. The van der Waals surface area contributed by atoms with Crippen molar-refractivity contribution in [3.8, 4) is 5.88 Å². The van der Waals surface area contributed by atoms with Crippen molar-refractivity contribution in [2.45, 2.75) is 32.9 Å². The molecule has 7 nitrogen and oxygen atoms in total. The van der Waals surface area contributed by atoms with E-state index in [0.717, 1.165) is 18.6 Å². The first-order valence-corrected chi connectivity index (χ1v) is 8.47. The smallest absolute Gasteiger partial charge is 0.410 e. The van der Waals surface area contributed by atoms with E-state index in [9.17, 15) is 9.90 Å². The lowest BCUT2D eigenvalue weighted by Gasteiger charge is -2.35. The Morgan fingerprint density at radius 1 is 1.16 bits per heavy atom. The number of hydrogen-bond donors (Lipinski definition) is 1. The summed E-state index contributed by atoms with van der Waals surface area (Å²) in [7, 11) is 0. The van der Waals surface area contributed by atoms with Crippen molar-refractivity contribution in [1.29, 1.82) is 0 Å². The zero-order chi connectivity index (χ0) is 18.0. The lowest BCUT2D eigenvalue weighted by atomic mass is 10.2. The van der Waals surface area contributed by atoms with Crippen molar-refractivity contribution in [1.82, 2.24) is 19.8 Å². The second-order valence-electron chi connectivity index (χ2n) is 7.22. The molecule has 0 bridgehead atoms. The Hall–Kier alpha value is -2.41. The van der Waals surface area contributed by atoms with E-state index < -0.39 is 5.60 Å². The zero-order valence-corrected chi connectivity index (χ0v) is 14.9. The Morgan fingerprint density at radius 2 is 1.84 bits per heavy atom. The molecule has 1 aliphatic rings. The molecule has 1 aromatic heterocycles. The molecule has 1 amide bonds. The molecule has 2 aromatic rings. The molecule has 25 heavy (non-hydrogen) atoms. The molecule has 2 heterocycles. The number of amides is 1. The van der Waals surface area contributed by atoms with E-state index in [1.54, 1.807) is 11.0 Å². The van der Waals surface area contributed by atoms with Gasteiger partial charge in [0.2, 0.25) is 5.88 Å². The number of rotatable bonds is 2. The molecule has 134 valence electrons. The number of carbonyl (C=O) groups is 1. The highest BCUT2D eigenvalue weighted by Crippen LogP contribution is 2.21. The van der Waals surface area contributed by atoms with Crippen LogP contribution in [0.3, 0.4) is 0 Å². The Balaban J connectivity index is 1.60. The molecule has 1 saturated heterocycles. The van der Waals surface area contributed by atoms with E-state index in [2.05, 4.69) is 14.9 Å². The van der Waals surface area contributed by atoms with E-state index >= 15 is 0 Å². The fourth-order valence-electron chi connectivity index (χ4n) is 2.79. The van der Waals surface area contributed by atoms with Gasteiger partial charge in [0.25, 0.3) is 0 Å². The highest BCUT2D eigenvalue weighted by molar-refractivity contribution is 5.82. The van der Waals surface area contributed by atoms with E-state index in [-0.39, 0.29) is 12.0 Å². The number of fused-ring (bicyclic) bond motifs is 1. The van der Waals surface area contributed by atoms with Gasteiger partial charge in [-0.05, 0) is 32.9 Å². The topological polar surface area (TPSA) is 78.8 Å². The van der Waals surface area contributed by atoms with Crippen LogP contribution in [0.25, 0.3) is 10.9 Å². The molecular formula is C18H24N4O3. The monoisotopic (exact) mass is 344 g/mol. The minimum atomic E-state index is -0.481. The summed E-state index contributed by atoms with van der Waals surface area (Å²) in [5, 5.41) is 10.7. The predicted molar refractivity (Wildman–Crippen MR) is 94.3 cm³/mol. The molecule has 1 aliphatic heterocycles. The summed E-state index contributed by atoms with van der Waals surface area (Å²) in [5.74, 6) is 0.593. The molecule has 0 aliphatic carbocycles. The number of aromatic hydroxyl groups is 1. The van der Waals surface area contributed by atoms with E-state index in [4.69, 9.17) is 4.74 Å². The molecular weight excluding hydrogens is 320 g/mol. The number of nitrogens with zero attached hydrogens (tertiary/aromatic N) is 4. The molecule has 0 saturated carbocycles. The van der Waals surface area contributed by atoms with Gasteiger partial charge in [-0.2, -0.15) is 4.98 Å². The average Bonchev–Trinajstić information content (AvgIpc) is 2.54. The maximum Gasteiger partial charge on any atom is 0.410 e. The van der Waals surface area contributed by atoms with Crippen molar-refractivity contribution < 1.29 is 14.6 Å². The summed E-state index contributed by atoms with van der Waals surface area (Å²) in [4.78, 5) is 24.7. The number of hydrogen-bond acceptors (Lipinski definition) is 6. The van der Waals surface area contributed by atoms with E-state index in [1.165, 1.54) is 0 Å². The number of carbonyl (C=O) groups excluding carboxylic acids is 1. The maximum atomic E-state index is 12.1. The summed E-state index contributed by atoms with van der Waals surface area (Å²) >= 11 is 0. The Bertz CT molecular complexity index is 764. The minimum absolute atomic E-state index is 0.00740. The second kappa shape index (κ2) is 6.84. The van der Waals surface area contributed by atoms with Crippen LogP contribution in [0.4, 0.5) is 4.79 Å². The molecule has 7 heteroatoms. The lowest BCUT2D eigenvalue weighted by molar-refractivity contribution is 0.0137. The van der Waals surface area contributed by atoms with E-state index in [0.29, 0.717) is 30.8 Å². The molecule has 3 rings (SSSR count). The van der Waals surface area contributed by atoms with Gasteiger partial charge in [-0.1, -0.05) is 12.1 Å². The van der Waals surface area contributed by atoms with Crippen LogP contribution in [0.2, 0.25) is 0 Å². The van der Waals surface area contributed by atoms with Crippen LogP contribution in [0, 0.1) is 0 Å². The Morgan fingerprint density at radius 3 is 2.52 bits per heavy atom. The van der Waals surface area contributed by atoms with Crippen LogP contribution in [0.5, 0.6) is 5.88 Å². The summed E-state index contributed by atoms with van der Waals surface area (Å²) in [6, 6.07) is 7.40. The molecule has 0 spiro atoms. The number of aromatic nitrogens is 2. The van der Waals surface area contributed by atoms with Crippen LogP contribution in [0.1, 0.15) is 26.6 Å². The zero-order valence-electron chi connectivity index (χ0n) is 14.9. The Labute approximate surface area is 147 Å². The third kappa shape index (κ3) is 4.36. The molecule has 0 unspecified atom stereocenters. The molecule has 1 aromatic carbocycles. The Kier molecular flexibility index (Phi) is 4.76. The van der Waals surface area contributed by atoms with Crippen molar-refractivity contribution in [3.05, 3.63) is 30.1 Å². The number of para-hydroxylation sites is 1. The SMILES string of the molecule is CC(C)(C)OC(=O)N1CCN(Cc2nc(O)c3ccccc3n2)CC1. The molecule has 1 fully saturated rings. The highest BCUT2D eigenvalue weighted by Gasteiger charge is 2.26. The summed E-state index contributed by atoms with van der Waals surface area (Å²) in [6.07, 6.45) is -0.272. The van der Waals surface area contributed by atoms with Crippen LogP contribution < -0.4 is 0 Å². The molecule has 0 radical (unpaired) electrons. The fourth-order valence-corrected chi connectivity index (χ4v) is 2.79. The normalized spacial score (nSPS) is 16.2. The molecule has 1 N–H and O–H groups in total. The standard InChI is InChI=1S/C18H24N4O3/c1-18(2,3)25-17(24)22-10-8-21(9-11-22)12-15-19-14-7-5-4-6-13(14)16(23)20-15/h4-7H,8-12H2,1-3H3,(H,19,20,23). The third-order valence-electron chi connectivity index (χ3n) is 4.02. The number of ether oxygens (including phenoxy) is 1. The van der Waals surface area contributed by atoms with Gasteiger partial charge in [0.05, 0.1) is 17.4 Å². The van der Waals surface area contributed by atoms with Gasteiger partial charge in [0.1, 0.15) is 11.4 Å². The number of benzene rings is 1. The first kappa shape index (κ1) is 17.4. The van der Waals surface area contributed by atoms with Crippen molar-refractivity contribution in [2.75, 3.05) is 26.2 Å². The average molecular weight is 344 g/mol. The lowest BCUT2D eigenvalue weighted by Crippen LogP contribution is -2.49. The molecule has 0 atom stereocenters. The first-order chi connectivity index (χ1) is 11.8. The van der Waals surface area contributed by atoms with Gasteiger partial charge in [-0.15, -0.1) is 0 Å². The minimum Gasteiger partial charge on any atom is -0.493 e. The van der Waals surface area contributed by atoms with Gasteiger partial charge in [-0.3, -0.25) is 4.90 Å².